The van der Waals surface area contributed by atoms with Gasteiger partial charge < -0.3 is 9.47 Å². The minimum Gasteiger partial charge on any atom is -0.496 e. The lowest BCUT2D eigenvalue weighted by Crippen LogP contribution is -2.27. The molecule has 0 radical (unpaired) electrons. The Morgan fingerprint density at radius 2 is 1.93 bits per heavy atom. The third-order valence-corrected chi connectivity index (χ3v) is 3.86. The van der Waals surface area contributed by atoms with E-state index in [1.54, 1.807) is 57.2 Å². The van der Waals surface area contributed by atoms with E-state index in [-0.39, 0.29) is 11.4 Å². The summed E-state index contributed by atoms with van der Waals surface area (Å²) in [5.74, 6) is 0.551. The summed E-state index contributed by atoms with van der Waals surface area (Å²) in [7, 11) is 1.52. The van der Waals surface area contributed by atoms with Gasteiger partial charge in [0.1, 0.15) is 11.4 Å². The van der Waals surface area contributed by atoms with E-state index in [1.807, 2.05) is 0 Å². The third-order valence-electron chi connectivity index (χ3n) is 3.53. The molecule has 0 atom stereocenters. The SMILES string of the molecule is COc1cccc(Cl)c1C=Cc1ccc(NC(=O)OC(C)(C)C)cc1[N+](=O)[O-]. The molecule has 148 valence electrons. The number of rotatable bonds is 5. The molecule has 2 aromatic rings. The molecular formula is C20H21ClN2O5. The van der Waals surface area contributed by atoms with Crippen molar-refractivity contribution < 1.29 is 19.2 Å². The molecule has 8 heteroatoms. The molecule has 0 aromatic heterocycles. The van der Waals surface area contributed by atoms with Gasteiger partial charge in [-0.2, -0.15) is 0 Å². The largest absolute Gasteiger partial charge is 0.496 e. The number of nitrogens with one attached hydrogen (secondary N) is 1. The Morgan fingerprint density at radius 3 is 2.54 bits per heavy atom. The zero-order valence-electron chi connectivity index (χ0n) is 16.0. The highest BCUT2D eigenvalue weighted by atomic mass is 35.5. The molecule has 0 heterocycles. The third kappa shape index (κ3) is 5.72. The number of nitro benzene ring substituents is 1. The van der Waals surface area contributed by atoms with E-state index in [4.69, 9.17) is 21.1 Å². The van der Waals surface area contributed by atoms with Crippen molar-refractivity contribution in [1.82, 2.24) is 0 Å². The Labute approximate surface area is 168 Å². The molecule has 28 heavy (non-hydrogen) atoms. The fraction of sp³-hybridized carbons (Fsp3) is 0.250. The summed E-state index contributed by atoms with van der Waals surface area (Å²) in [4.78, 5) is 22.8. The van der Waals surface area contributed by atoms with Crippen LogP contribution in [0.2, 0.25) is 5.02 Å². The Bertz CT molecular complexity index is 919. The lowest BCUT2D eigenvalue weighted by atomic mass is 10.1. The first kappa shape index (κ1) is 21.2. The summed E-state index contributed by atoms with van der Waals surface area (Å²) < 4.78 is 10.4. The molecule has 0 spiro atoms. The number of nitro groups is 1. The van der Waals surface area contributed by atoms with Crippen LogP contribution in [0.5, 0.6) is 5.75 Å². The van der Waals surface area contributed by atoms with Crippen LogP contribution in [0, 0.1) is 10.1 Å². The van der Waals surface area contributed by atoms with Gasteiger partial charge in [0, 0.05) is 11.6 Å². The second-order valence-electron chi connectivity index (χ2n) is 6.85. The van der Waals surface area contributed by atoms with Gasteiger partial charge in [-0.25, -0.2) is 4.79 Å². The van der Waals surface area contributed by atoms with Crippen molar-refractivity contribution in [2.75, 3.05) is 12.4 Å². The van der Waals surface area contributed by atoms with Crippen molar-refractivity contribution in [2.45, 2.75) is 26.4 Å². The second-order valence-corrected chi connectivity index (χ2v) is 7.25. The van der Waals surface area contributed by atoms with E-state index in [2.05, 4.69) is 5.32 Å². The number of nitrogens with zero attached hydrogens (tertiary/aromatic N) is 1. The van der Waals surface area contributed by atoms with Gasteiger partial charge in [0.25, 0.3) is 5.69 Å². The van der Waals surface area contributed by atoms with Crippen molar-refractivity contribution >= 4 is 41.2 Å². The minimum atomic E-state index is -0.689. The molecule has 0 fully saturated rings. The first-order chi connectivity index (χ1) is 13.1. The van der Waals surface area contributed by atoms with E-state index >= 15 is 0 Å². The summed E-state index contributed by atoms with van der Waals surface area (Å²) in [6, 6.07) is 9.55. The number of carbonyl (C=O) groups excluding carboxylic acids is 1. The Kier molecular flexibility index (Phi) is 6.64. The van der Waals surface area contributed by atoms with E-state index in [1.165, 1.54) is 19.2 Å². The Balaban J connectivity index is 2.31. The van der Waals surface area contributed by atoms with Crippen LogP contribution in [0.4, 0.5) is 16.2 Å². The predicted molar refractivity (Wildman–Crippen MR) is 110 cm³/mol. The first-order valence-corrected chi connectivity index (χ1v) is 8.77. The molecule has 0 bridgehead atoms. The number of anilines is 1. The highest BCUT2D eigenvalue weighted by molar-refractivity contribution is 6.32. The van der Waals surface area contributed by atoms with Gasteiger partial charge in [-0.1, -0.05) is 17.7 Å². The molecule has 7 nitrogen and oxygen atoms in total. The van der Waals surface area contributed by atoms with Crippen LogP contribution in [-0.4, -0.2) is 23.7 Å². The lowest BCUT2D eigenvalue weighted by molar-refractivity contribution is -0.385. The molecule has 1 amide bonds. The topological polar surface area (TPSA) is 90.7 Å². The molecule has 0 aliphatic heterocycles. The van der Waals surface area contributed by atoms with Crippen molar-refractivity contribution in [3.05, 3.63) is 62.7 Å². The van der Waals surface area contributed by atoms with Crippen molar-refractivity contribution in [2.24, 2.45) is 0 Å². The summed E-state index contributed by atoms with van der Waals surface area (Å²) >= 11 is 6.19. The standard InChI is InChI=1S/C20H21ClN2O5/c1-20(2,3)28-19(24)22-14-10-8-13(17(12-14)23(25)26)9-11-15-16(21)6-5-7-18(15)27-4/h5-12H,1-4H3,(H,22,24). The van der Waals surface area contributed by atoms with Crippen molar-refractivity contribution in [3.63, 3.8) is 0 Å². The number of hydrogen-bond acceptors (Lipinski definition) is 5. The lowest BCUT2D eigenvalue weighted by Gasteiger charge is -2.19. The summed E-state index contributed by atoms with van der Waals surface area (Å²) in [5.41, 5.74) is 0.370. The molecule has 2 rings (SSSR count). The van der Waals surface area contributed by atoms with Crippen LogP contribution in [-0.2, 0) is 4.74 Å². The fourth-order valence-corrected chi connectivity index (χ4v) is 2.60. The Morgan fingerprint density at radius 1 is 1.21 bits per heavy atom. The smallest absolute Gasteiger partial charge is 0.412 e. The van der Waals surface area contributed by atoms with Gasteiger partial charge in [-0.05, 0) is 57.2 Å². The van der Waals surface area contributed by atoms with Crippen LogP contribution in [0.1, 0.15) is 31.9 Å². The summed E-state index contributed by atoms with van der Waals surface area (Å²) in [6.45, 7) is 5.18. The van der Waals surface area contributed by atoms with Gasteiger partial charge in [0.2, 0.25) is 0 Å². The Hall–Kier alpha value is -3.06. The number of carbonyl (C=O) groups is 1. The quantitative estimate of drug-likeness (QED) is 0.387. The second kappa shape index (κ2) is 8.75. The van der Waals surface area contributed by atoms with Crippen molar-refractivity contribution in [1.29, 1.82) is 0 Å². The zero-order chi connectivity index (χ0) is 20.9. The predicted octanol–water partition coefficient (Wildman–Crippen LogP) is 5.77. The van der Waals surface area contributed by atoms with E-state index in [0.29, 0.717) is 21.9 Å². The molecule has 0 unspecified atom stereocenters. The summed E-state index contributed by atoms with van der Waals surface area (Å²) in [5, 5.41) is 14.4. The average Bonchev–Trinajstić information content (AvgIpc) is 2.59. The van der Waals surface area contributed by atoms with E-state index < -0.39 is 16.6 Å². The van der Waals surface area contributed by atoms with Gasteiger partial charge in [-0.15, -0.1) is 0 Å². The van der Waals surface area contributed by atoms with Crippen LogP contribution in [0.3, 0.4) is 0 Å². The van der Waals surface area contributed by atoms with Gasteiger partial charge in [0.15, 0.2) is 0 Å². The molecule has 0 aliphatic rings. The molecule has 0 saturated carbocycles. The van der Waals surface area contributed by atoms with Gasteiger partial charge in [0.05, 0.1) is 28.3 Å². The monoisotopic (exact) mass is 404 g/mol. The highest BCUT2D eigenvalue weighted by Crippen LogP contribution is 2.30. The van der Waals surface area contributed by atoms with E-state index in [9.17, 15) is 14.9 Å². The summed E-state index contributed by atoms with van der Waals surface area (Å²) in [6.07, 6.45) is 2.52. The van der Waals surface area contributed by atoms with Crippen LogP contribution in [0.15, 0.2) is 36.4 Å². The number of halogens is 1. The van der Waals surface area contributed by atoms with Gasteiger partial charge >= 0.3 is 6.09 Å². The maximum absolute atomic E-state index is 11.9. The number of ether oxygens (including phenoxy) is 2. The van der Waals surface area contributed by atoms with Gasteiger partial charge in [-0.3, -0.25) is 15.4 Å². The molecular weight excluding hydrogens is 384 g/mol. The normalized spacial score (nSPS) is 11.3. The number of amides is 1. The maximum Gasteiger partial charge on any atom is 0.412 e. The zero-order valence-corrected chi connectivity index (χ0v) is 16.7. The highest BCUT2D eigenvalue weighted by Gasteiger charge is 2.18. The van der Waals surface area contributed by atoms with Crippen LogP contribution < -0.4 is 10.1 Å². The fourth-order valence-electron chi connectivity index (χ4n) is 2.37. The van der Waals surface area contributed by atoms with E-state index in [0.717, 1.165) is 0 Å². The maximum atomic E-state index is 11.9. The molecule has 2 aromatic carbocycles. The van der Waals surface area contributed by atoms with Crippen molar-refractivity contribution in [3.8, 4) is 5.75 Å². The number of benzene rings is 2. The molecule has 0 saturated heterocycles. The molecule has 0 aliphatic carbocycles. The number of methoxy groups -OCH3 is 1. The van der Waals surface area contributed by atoms with Crippen LogP contribution in [0.25, 0.3) is 12.2 Å². The molecule has 1 N–H and O–H groups in total. The van der Waals surface area contributed by atoms with Crippen LogP contribution >= 0.6 is 11.6 Å². The number of hydrogen-bond donors (Lipinski definition) is 1. The average molecular weight is 405 g/mol. The first-order valence-electron chi connectivity index (χ1n) is 8.40. The minimum absolute atomic E-state index is 0.171.